The number of rotatable bonds is 6. The van der Waals surface area contributed by atoms with E-state index >= 15 is 0 Å². The maximum atomic E-state index is 13.0. The van der Waals surface area contributed by atoms with Crippen LogP contribution in [0.2, 0.25) is 0 Å². The van der Waals surface area contributed by atoms with Crippen LogP contribution in [0.4, 0.5) is 10.5 Å². The number of benzene rings is 2. The standard InChI is InChI=1S/C28H29NO5/c30-26-22-12-5-2-6-13-23(22)34-27(31)25(26)24(19-14-15-19)20-10-7-11-21(16-20)29-28(32)33-17-18-8-3-1-4-9-18/h1,3-4,7-11,16,19,24,30H,2,5-6,12-15,17H2,(H,29,32). The summed E-state index contributed by atoms with van der Waals surface area (Å²) in [5, 5.41) is 14.0. The Balaban J connectivity index is 1.39. The van der Waals surface area contributed by atoms with Gasteiger partial charge in [-0.15, -0.1) is 0 Å². The molecule has 6 nitrogen and oxygen atoms in total. The molecule has 176 valence electrons. The van der Waals surface area contributed by atoms with Gasteiger partial charge in [0.15, 0.2) is 0 Å². The highest BCUT2D eigenvalue weighted by molar-refractivity contribution is 5.84. The average Bonchev–Trinajstić information content (AvgIpc) is 3.69. The molecule has 2 aliphatic rings. The van der Waals surface area contributed by atoms with E-state index in [0.717, 1.165) is 55.2 Å². The lowest BCUT2D eigenvalue weighted by Crippen LogP contribution is -2.19. The van der Waals surface area contributed by atoms with Gasteiger partial charge in [-0.3, -0.25) is 5.32 Å². The van der Waals surface area contributed by atoms with Crippen molar-refractivity contribution in [2.75, 3.05) is 5.32 Å². The van der Waals surface area contributed by atoms with E-state index in [9.17, 15) is 14.7 Å². The van der Waals surface area contributed by atoms with Gasteiger partial charge in [-0.25, -0.2) is 9.59 Å². The van der Waals surface area contributed by atoms with Gasteiger partial charge in [-0.05, 0) is 61.3 Å². The molecule has 1 atom stereocenters. The number of ether oxygens (including phenoxy) is 1. The summed E-state index contributed by atoms with van der Waals surface area (Å²) < 4.78 is 11.1. The van der Waals surface area contributed by atoms with E-state index in [1.807, 2.05) is 48.5 Å². The molecule has 0 saturated heterocycles. The van der Waals surface area contributed by atoms with Gasteiger partial charge in [0.1, 0.15) is 18.1 Å². The second-order valence-electron chi connectivity index (χ2n) is 9.24. The van der Waals surface area contributed by atoms with E-state index in [1.165, 1.54) is 0 Å². The molecule has 2 aliphatic carbocycles. The van der Waals surface area contributed by atoms with Gasteiger partial charge in [0, 0.05) is 23.6 Å². The summed E-state index contributed by atoms with van der Waals surface area (Å²) in [6.07, 6.45) is 5.85. The first-order chi connectivity index (χ1) is 16.6. The molecule has 2 N–H and O–H groups in total. The summed E-state index contributed by atoms with van der Waals surface area (Å²) in [5.41, 5.74) is 3.06. The molecule has 1 aromatic heterocycles. The third-order valence-corrected chi connectivity index (χ3v) is 6.75. The summed E-state index contributed by atoms with van der Waals surface area (Å²) in [5.74, 6) is 0.727. The predicted molar refractivity (Wildman–Crippen MR) is 129 cm³/mol. The van der Waals surface area contributed by atoms with E-state index in [4.69, 9.17) is 9.15 Å². The van der Waals surface area contributed by atoms with Crippen LogP contribution in [-0.2, 0) is 24.2 Å². The Morgan fingerprint density at radius 1 is 1.06 bits per heavy atom. The van der Waals surface area contributed by atoms with E-state index in [2.05, 4.69) is 5.32 Å². The fourth-order valence-electron chi connectivity index (χ4n) is 4.91. The highest BCUT2D eigenvalue weighted by Crippen LogP contribution is 2.49. The summed E-state index contributed by atoms with van der Waals surface area (Å²) in [4.78, 5) is 25.4. The van der Waals surface area contributed by atoms with Crippen molar-refractivity contribution in [3.63, 3.8) is 0 Å². The van der Waals surface area contributed by atoms with Crippen LogP contribution in [0.25, 0.3) is 0 Å². The van der Waals surface area contributed by atoms with Crippen molar-refractivity contribution in [3.05, 3.63) is 93.0 Å². The third-order valence-electron chi connectivity index (χ3n) is 6.75. The molecule has 1 heterocycles. The van der Waals surface area contributed by atoms with Crippen molar-refractivity contribution >= 4 is 11.8 Å². The number of hydrogen-bond acceptors (Lipinski definition) is 5. The van der Waals surface area contributed by atoms with Crippen LogP contribution in [0.1, 0.15) is 66.0 Å². The smallest absolute Gasteiger partial charge is 0.411 e. The highest BCUT2D eigenvalue weighted by atomic mass is 16.5. The number of aromatic hydroxyl groups is 1. The number of hydrogen-bond donors (Lipinski definition) is 2. The molecule has 1 unspecified atom stereocenters. The second-order valence-corrected chi connectivity index (χ2v) is 9.24. The van der Waals surface area contributed by atoms with Gasteiger partial charge >= 0.3 is 11.7 Å². The Morgan fingerprint density at radius 3 is 2.65 bits per heavy atom. The molecular formula is C28H29NO5. The van der Waals surface area contributed by atoms with Crippen LogP contribution < -0.4 is 10.9 Å². The largest absolute Gasteiger partial charge is 0.507 e. The number of anilines is 1. The summed E-state index contributed by atoms with van der Waals surface area (Å²) in [7, 11) is 0. The van der Waals surface area contributed by atoms with E-state index in [1.54, 1.807) is 6.07 Å². The van der Waals surface area contributed by atoms with Crippen molar-refractivity contribution in [1.82, 2.24) is 0 Å². The number of carbonyl (C=O) groups excluding carboxylic acids is 1. The normalized spacial score (nSPS) is 16.2. The zero-order valence-corrected chi connectivity index (χ0v) is 19.1. The molecule has 0 aliphatic heterocycles. The minimum Gasteiger partial charge on any atom is -0.507 e. The molecule has 0 spiro atoms. The van der Waals surface area contributed by atoms with Crippen molar-refractivity contribution in [3.8, 4) is 5.75 Å². The highest BCUT2D eigenvalue weighted by Gasteiger charge is 2.38. The maximum absolute atomic E-state index is 13.0. The predicted octanol–water partition coefficient (Wildman–Crippen LogP) is 5.90. The Bertz CT molecular complexity index is 1230. The lowest BCUT2D eigenvalue weighted by Gasteiger charge is -2.20. The number of aryl methyl sites for hydroxylation is 1. The summed E-state index contributed by atoms with van der Waals surface area (Å²) in [6, 6.07) is 16.9. The molecule has 5 rings (SSSR count). The first kappa shape index (κ1) is 22.3. The van der Waals surface area contributed by atoms with Gasteiger partial charge < -0.3 is 14.3 Å². The van der Waals surface area contributed by atoms with Gasteiger partial charge in [0.2, 0.25) is 0 Å². The number of carbonyl (C=O) groups is 1. The van der Waals surface area contributed by atoms with Crippen molar-refractivity contribution in [1.29, 1.82) is 0 Å². The molecule has 6 heteroatoms. The number of nitrogens with one attached hydrogen (secondary N) is 1. The molecule has 1 saturated carbocycles. The molecule has 3 aromatic rings. The van der Waals surface area contributed by atoms with Crippen molar-refractivity contribution in [2.24, 2.45) is 5.92 Å². The zero-order valence-electron chi connectivity index (χ0n) is 19.1. The Hall–Kier alpha value is -3.54. The van der Waals surface area contributed by atoms with Crippen LogP contribution >= 0.6 is 0 Å². The SMILES string of the molecule is O=C(Nc1cccc(C(c2c(O)c3c(oc2=O)CCCCC3)C2CC2)c1)OCc1ccccc1. The first-order valence-corrected chi connectivity index (χ1v) is 12.1. The number of amides is 1. The first-order valence-electron chi connectivity index (χ1n) is 12.1. The second kappa shape index (κ2) is 9.75. The minimum absolute atomic E-state index is 0.102. The summed E-state index contributed by atoms with van der Waals surface area (Å²) in [6.45, 7) is 0.182. The van der Waals surface area contributed by atoms with Crippen LogP contribution in [0.15, 0.2) is 63.8 Å². The molecular weight excluding hydrogens is 430 g/mol. The fourth-order valence-corrected chi connectivity index (χ4v) is 4.91. The van der Waals surface area contributed by atoms with Crippen molar-refractivity contribution < 1.29 is 19.1 Å². The van der Waals surface area contributed by atoms with Gasteiger partial charge in [-0.2, -0.15) is 0 Å². The van der Waals surface area contributed by atoms with Crippen LogP contribution in [0, 0.1) is 5.92 Å². The Labute approximate surface area is 198 Å². The number of fused-ring (bicyclic) bond motifs is 1. The molecule has 1 amide bonds. The van der Waals surface area contributed by atoms with E-state index in [-0.39, 0.29) is 24.2 Å². The van der Waals surface area contributed by atoms with Gasteiger partial charge in [0.25, 0.3) is 0 Å². The fraction of sp³-hybridized carbons (Fsp3) is 0.357. The maximum Gasteiger partial charge on any atom is 0.411 e. The van der Waals surface area contributed by atoms with Crippen LogP contribution in [0.3, 0.4) is 0 Å². The molecule has 1 fully saturated rings. The third kappa shape index (κ3) is 4.86. The topological polar surface area (TPSA) is 88.8 Å². The van der Waals surface area contributed by atoms with Crippen LogP contribution in [0.5, 0.6) is 5.75 Å². The Kier molecular flexibility index (Phi) is 6.39. The average molecular weight is 460 g/mol. The zero-order chi connectivity index (χ0) is 23.5. The monoisotopic (exact) mass is 459 g/mol. The van der Waals surface area contributed by atoms with Gasteiger partial charge in [-0.1, -0.05) is 48.9 Å². The van der Waals surface area contributed by atoms with E-state index < -0.39 is 11.7 Å². The molecule has 0 radical (unpaired) electrons. The Morgan fingerprint density at radius 2 is 1.85 bits per heavy atom. The van der Waals surface area contributed by atoms with Crippen molar-refractivity contribution in [2.45, 2.75) is 57.5 Å². The lowest BCUT2D eigenvalue weighted by atomic mass is 9.86. The van der Waals surface area contributed by atoms with E-state index in [0.29, 0.717) is 23.4 Å². The minimum atomic E-state index is -0.545. The summed E-state index contributed by atoms with van der Waals surface area (Å²) >= 11 is 0. The molecule has 34 heavy (non-hydrogen) atoms. The quantitative estimate of drug-likeness (QED) is 0.448. The van der Waals surface area contributed by atoms with Gasteiger partial charge in [0.05, 0.1) is 5.56 Å². The van der Waals surface area contributed by atoms with Crippen LogP contribution in [-0.4, -0.2) is 11.2 Å². The molecule has 0 bridgehead atoms. The lowest BCUT2D eigenvalue weighted by molar-refractivity contribution is 0.155. The molecule has 2 aromatic carbocycles.